The molecule has 1 saturated heterocycles. The van der Waals surface area contributed by atoms with Crippen molar-refractivity contribution in [2.24, 2.45) is 0 Å². The zero-order chi connectivity index (χ0) is 11.8. The van der Waals surface area contributed by atoms with Crippen LogP contribution in [0, 0.1) is 0 Å². The van der Waals surface area contributed by atoms with Gasteiger partial charge >= 0.3 is 5.69 Å². The fraction of sp³-hybridized carbons (Fsp3) is 0.455. The number of ether oxygens (including phenoxy) is 1. The summed E-state index contributed by atoms with van der Waals surface area (Å²) < 4.78 is 7.08. The molecular formula is C11H14N4O2. The Morgan fingerprint density at radius 3 is 3.00 bits per heavy atom. The monoisotopic (exact) mass is 234 g/mol. The second-order valence-electron chi connectivity index (χ2n) is 4.23. The normalized spacial score (nSPS) is 17.6. The molecule has 1 fully saturated rings. The second-order valence-corrected chi connectivity index (χ2v) is 4.23. The fourth-order valence-electron chi connectivity index (χ4n) is 2.38. The average Bonchev–Trinajstić information content (AvgIpc) is 2.68. The van der Waals surface area contributed by atoms with Crippen molar-refractivity contribution >= 4 is 16.9 Å². The Balaban J connectivity index is 2.18. The number of nitrogens with one attached hydrogen (secondary N) is 1. The van der Waals surface area contributed by atoms with Gasteiger partial charge in [-0.15, -0.1) is 0 Å². The van der Waals surface area contributed by atoms with E-state index in [-0.39, 0.29) is 11.7 Å². The molecule has 2 aromatic heterocycles. The maximum Gasteiger partial charge on any atom is 0.326 e. The number of nitrogens with two attached hydrogens (primary N) is 1. The van der Waals surface area contributed by atoms with Crippen LogP contribution in [0.5, 0.6) is 0 Å². The largest absolute Gasteiger partial charge is 0.382 e. The maximum absolute atomic E-state index is 12.0. The molecule has 3 N–H and O–H groups in total. The van der Waals surface area contributed by atoms with Crippen LogP contribution in [0.15, 0.2) is 17.1 Å². The summed E-state index contributed by atoms with van der Waals surface area (Å²) in [5, 5.41) is 0. The quantitative estimate of drug-likeness (QED) is 0.758. The summed E-state index contributed by atoms with van der Waals surface area (Å²) >= 11 is 0. The molecule has 1 aliphatic heterocycles. The highest BCUT2D eigenvalue weighted by molar-refractivity contribution is 5.84. The summed E-state index contributed by atoms with van der Waals surface area (Å²) in [6, 6.07) is 2.01. The van der Waals surface area contributed by atoms with Gasteiger partial charge in [-0.2, -0.15) is 0 Å². The number of nitrogens with zero attached hydrogens (tertiary/aromatic N) is 2. The van der Waals surface area contributed by atoms with Gasteiger partial charge < -0.3 is 15.5 Å². The van der Waals surface area contributed by atoms with Gasteiger partial charge in [0.15, 0.2) is 0 Å². The van der Waals surface area contributed by atoms with Gasteiger partial charge in [0.25, 0.3) is 0 Å². The number of nitrogen functional groups attached to an aromatic ring is 1. The van der Waals surface area contributed by atoms with Gasteiger partial charge in [0.2, 0.25) is 0 Å². The van der Waals surface area contributed by atoms with Gasteiger partial charge in [0, 0.05) is 25.5 Å². The van der Waals surface area contributed by atoms with Crippen molar-refractivity contribution in [2.75, 3.05) is 18.9 Å². The van der Waals surface area contributed by atoms with Gasteiger partial charge in [0.05, 0.1) is 5.52 Å². The number of hydrogen-bond donors (Lipinski definition) is 2. The first-order valence-electron chi connectivity index (χ1n) is 5.70. The number of hydrogen-bond acceptors (Lipinski definition) is 4. The third-order valence-electron chi connectivity index (χ3n) is 3.22. The maximum atomic E-state index is 12.0. The van der Waals surface area contributed by atoms with Crippen molar-refractivity contribution < 1.29 is 4.74 Å². The molecule has 2 aromatic rings. The van der Waals surface area contributed by atoms with Crippen LogP contribution in [0.4, 0.5) is 5.82 Å². The van der Waals surface area contributed by atoms with Gasteiger partial charge in [0.1, 0.15) is 11.3 Å². The molecule has 90 valence electrons. The molecule has 0 unspecified atom stereocenters. The standard InChI is InChI=1S/C11H14N4O2/c12-10-9-8(1-4-13-10)15(11(16)14-9)7-2-5-17-6-3-7/h1,4,7H,2-3,5-6H2,(H2,12,13)(H,14,16). The van der Waals surface area contributed by atoms with Crippen molar-refractivity contribution in [3.8, 4) is 0 Å². The van der Waals surface area contributed by atoms with E-state index in [1.165, 1.54) is 0 Å². The number of anilines is 1. The van der Waals surface area contributed by atoms with Crippen LogP contribution in [-0.4, -0.2) is 27.7 Å². The molecule has 1 aliphatic rings. The van der Waals surface area contributed by atoms with Crippen LogP contribution in [0.1, 0.15) is 18.9 Å². The Morgan fingerprint density at radius 2 is 2.24 bits per heavy atom. The molecule has 0 bridgehead atoms. The molecule has 3 rings (SSSR count). The lowest BCUT2D eigenvalue weighted by atomic mass is 10.1. The van der Waals surface area contributed by atoms with E-state index in [4.69, 9.17) is 10.5 Å². The van der Waals surface area contributed by atoms with E-state index >= 15 is 0 Å². The molecule has 0 saturated carbocycles. The van der Waals surface area contributed by atoms with Crippen molar-refractivity contribution in [3.05, 3.63) is 22.7 Å². The Morgan fingerprint density at radius 1 is 1.47 bits per heavy atom. The van der Waals surface area contributed by atoms with E-state index in [1.807, 2.05) is 6.07 Å². The van der Waals surface area contributed by atoms with E-state index in [2.05, 4.69) is 9.97 Å². The second kappa shape index (κ2) is 3.89. The van der Waals surface area contributed by atoms with Crippen molar-refractivity contribution in [1.82, 2.24) is 14.5 Å². The van der Waals surface area contributed by atoms with E-state index in [1.54, 1.807) is 10.8 Å². The minimum absolute atomic E-state index is 0.119. The molecule has 0 amide bonds. The molecule has 6 heteroatoms. The predicted molar refractivity (Wildman–Crippen MR) is 63.9 cm³/mol. The van der Waals surface area contributed by atoms with Crippen LogP contribution < -0.4 is 11.4 Å². The zero-order valence-electron chi connectivity index (χ0n) is 9.35. The Bertz CT molecular complexity index is 595. The van der Waals surface area contributed by atoms with E-state index in [9.17, 15) is 4.79 Å². The number of H-pyrrole nitrogens is 1. The number of aromatic amines is 1. The summed E-state index contributed by atoms with van der Waals surface area (Å²) in [7, 11) is 0. The van der Waals surface area contributed by atoms with Crippen molar-refractivity contribution in [2.45, 2.75) is 18.9 Å². The number of rotatable bonds is 1. The first-order chi connectivity index (χ1) is 8.27. The van der Waals surface area contributed by atoms with Crippen LogP contribution in [0.3, 0.4) is 0 Å². The summed E-state index contributed by atoms with van der Waals surface area (Å²) in [5.41, 5.74) is 7.09. The van der Waals surface area contributed by atoms with Gasteiger partial charge in [-0.3, -0.25) is 4.57 Å². The summed E-state index contributed by atoms with van der Waals surface area (Å²) in [4.78, 5) is 18.7. The minimum atomic E-state index is -0.119. The van der Waals surface area contributed by atoms with E-state index < -0.39 is 0 Å². The molecule has 0 aliphatic carbocycles. The summed E-state index contributed by atoms with van der Waals surface area (Å²) in [5.74, 6) is 0.366. The number of imidazole rings is 1. The number of fused-ring (bicyclic) bond motifs is 1. The van der Waals surface area contributed by atoms with Crippen LogP contribution in [0.2, 0.25) is 0 Å². The highest BCUT2D eigenvalue weighted by Gasteiger charge is 2.20. The molecule has 0 radical (unpaired) electrons. The van der Waals surface area contributed by atoms with Crippen molar-refractivity contribution in [3.63, 3.8) is 0 Å². The zero-order valence-corrected chi connectivity index (χ0v) is 9.35. The Hall–Kier alpha value is -1.82. The van der Waals surface area contributed by atoms with Crippen LogP contribution in [-0.2, 0) is 4.74 Å². The number of aromatic nitrogens is 3. The van der Waals surface area contributed by atoms with Gasteiger partial charge in [-0.1, -0.05) is 0 Å². The van der Waals surface area contributed by atoms with E-state index in [0.29, 0.717) is 24.5 Å². The lowest BCUT2D eigenvalue weighted by Gasteiger charge is -2.23. The van der Waals surface area contributed by atoms with Gasteiger partial charge in [-0.05, 0) is 18.9 Å². The lowest BCUT2D eigenvalue weighted by Crippen LogP contribution is -2.27. The lowest BCUT2D eigenvalue weighted by molar-refractivity contribution is 0.0698. The van der Waals surface area contributed by atoms with Crippen molar-refractivity contribution in [1.29, 1.82) is 0 Å². The van der Waals surface area contributed by atoms with E-state index in [0.717, 1.165) is 18.4 Å². The van der Waals surface area contributed by atoms with Crippen LogP contribution >= 0.6 is 0 Å². The highest BCUT2D eigenvalue weighted by Crippen LogP contribution is 2.24. The minimum Gasteiger partial charge on any atom is -0.382 e. The van der Waals surface area contributed by atoms with Crippen LogP contribution in [0.25, 0.3) is 11.0 Å². The number of pyridine rings is 1. The smallest absolute Gasteiger partial charge is 0.326 e. The molecule has 3 heterocycles. The Kier molecular flexibility index (Phi) is 2.36. The highest BCUT2D eigenvalue weighted by atomic mass is 16.5. The topological polar surface area (TPSA) is 85.9 Å². The SMILES string of the molecule is Nc1nccc2c1[nH]c(=O)n2C1CCOCC1. The molecule has 0 aromatic carbocycles. The molecule has 6 nitrogen and oxygen atoms in total. The molecule has 0 atom stereocenters. The Labute approximate surface area is 97.4 Å². The third-order valence-corrected chi connectivity index (χ3v) is 3.22. The average molecular weight is 234 g/mol. The molecule has 0 spiro atoms. The predicted octanol–water partition coefficient (Wildman–Crippen LogP) is 0.658. The van der Waals surface area contributed by atoms with Gasteiger partial charge in [-0.25, -0.2) is 9.78 Å². The summed E-state index contributed by atoms with van der Waals surface area (Å²) in [6.07, 6.45) is 3.34. The third kappa shape index (κ3) is 1.61. The first-order valence-corrected chi connectivity index (χ1v) is 5.70. The molecular weight excluding hydrogens is 220 g/mol. The summed E-state index contributed by atoms with van der Waals surface area (Å²) in [6.45, 7) is 1.40. The first kappa shape index (κ1) is 10.3. The molecule has 17 heavy (non-hydrogen) atoms. The fourth-order valence-corrected chi connectivity index (χ4v) is 2.38.